The molecule has 0 fully saturated rings. The van der Waals surface area contributed by atoms with Gasteiger partial charge in [0, 0.05) is 11.2 Å². The second-order valence-corrected chi connectivity index (χ2v) is 6.14. The van der Waals surface area contributed by atoms with Gasteiger partial charge in [-0.1, -0.05) is 36.2 Å². The molecule has 0 aliphatic heterocycles. The minimum absolute atomic E-state index is 0.513. The Morgan fingerprint density at radius 1 is 1.08 bits per heavy atom. The SMILES string of the molecule is CCCOc1c(Cl)cc(C=Nc2cc(Cl)ccc2C)cc1OCC. The van der Waals surface area contributed by atoms with Crippen molar-refractivity contribution in [2.24, 2.45) is 4.99 Å². The van der Waals surface area contributed by atoms with Crippen LogP contribution in [0.4, 0.5) is 5.69 Å². The molecule has 2 aromatic rings. The number of aliphatic imine (C=N–C) groups is 1. The van der Waals surface area contributed by atoms with Crippen molar-refractivity contribution in [1.82, 2.24) is 0 Å². The Kier molecular flexibility index (Phi) is 6.95. The largest absolute Gasteiger partial charge is 0.490 e. The monoisotopic (exact) mass is 365 g/mol. The van der Waals surface area contributed by atoms with Gasteiger partial charge in [-0.2, -0.15) is 0 Å². The highest BCUT2D eigenvalue weighted by atomic mass is 35.5. The average molecular weight is 366 g/mol. The van der Waals surface area contributed by atoms with Crippen LogP contribution < -0.4 is 9.47 Å². The fourth-order valence-electron chi connectivity index (χ4n) is 2.14. The van der Waals surface area contributed by atoms with Crippen LogP contribution in [0.25, 0.3) is 0 Å². The third-order valence-electron chi connectivity index (χ3n) is 3.31. The maximum Gasteiger partial charge on any atom is 0.179 e. The van der Waals surface area contributed by atoms with Crippen LogP contribution >= 0.6 is 23.2 Å². The Bertz CT molecular complexity index is 730. The molecule has 2 rings (SSSR count). The average Bonchev–Trinajstić information content (AvgIpc) is 2.55. The minimum Gasteiger partial charge on any atom is -0.490 e. The van der Waals surface area contributed by atoms with Gasteiger partial charge < -0.3 is 9.47 Å². The Morgan fingerprint density at radius 3 is 2.58 bits per heavy atom. The molecule has 5 heteroatoms. The summed E-state index contributed by atoms with van der Waals surface area (Å²) < 4.78 is 11.4. The lowest BCUT2D eigenvalue weighted by Gasteiger charge is -2.13. The van der Waals surface area contributed by atoms with Crippen LogP contribution in [-0.2, 0) is 0 Å². The van der Waals surface area contributed by atoms with Crippen molar-refractivity contribution in [1.29, 1.82) is 0 Å². The molecule has 0 aliphatic rings. The van der Waals surface area contributed by atoms with Crippen molar-refractivity contribution in [3.05, 3.63) is 51.5 Å². The first-order chi connectivity index (χ1) is 11.5. The zero-order valence-electron chi connectivity index (χ0n) is 14.1. The van der Waals surface area contributed by atoms with Gasteiger partial charge in [0.15, 0.2) is 11.5 Å². The second kappa shape index (κ2) is 8.95. The van der Waals surface area contributed by atoms with Crippen molar-refractivity contribution < 1.29 is 9.47 Å². The number of halogens is 2. The number of ether oxygens (including phenoxy) is 2. The van der Waals surface area contributed by atoms with Crippen LogP contribution in [0, 0.1) is 6.92 Å². The third-order valence-corrected chi connectivity index (χ3v) is 3.82. The molecular weight excluding hydrogens is 345 g/mol. The summed E-state index contributed by atoms with van der Waals surface area (Å²) >= 11 is 12.4. The number of benzene rings is 2. The lowest BCUT2D eigenvalue weighted by atomic mass is 10.2. The quantitative estimate of drug-likeness (QED) is 0.543. The van der Waals surface area contributed by atoms with Gasteiger partial charge in [0.1, 0.15) is 0 Å². The Morgan fingerprint density at radius 2 is 1.88 bits per heavy atom. The normalized spacial score (nSPS) is 11.0. The molecule has 0 N–H and O–H groups in total. The number of aryl methyl sites for hydroxylation is 1. The van der Waals surface area contributed by atoms with Gasteiger partial charge in [0.2, 0.25) is 0 Å². The second-order valence-electron chi connectivity index (χ2n) is 5.30. The Labute approximate surface area is 153 Å². The zero-order valence-corrected chi connectivity index (χ0v) is 15.6. The van der Waals surface area contributed by atoms with Crippen molar-refractivity contribution in [3.8, 4) is 11.5 Å². The molecular formula is C19H21Cl2NO2. The number of hydrogen-bond donors (Lipinski definition) is 0. The fourth-order valence-corrected chi connectivity index (χ4v) is 2.58. The Hall–Kier alpha value is -1.71. The van der Waals surface area contributed by atoms with E-state index < -0.39 is 0 Å². The molecule has 0 aromatic heterocycles. The number of rotatable bonds is 7. The van der Waals surface area contributed by atoms with E-state index in [0.717, 1.165) is 23.2 Å². The summed E-state index contributed by atoms with van der Waals surface area (Å²) in [7, 11) is 0. The first-order valence-electron chi connectivity index (χ1n) is 7.94. The summed E-state index contributed by atoms with van der Waals surface area (Å²) in [5, 5.41) is 1.17. The van der Waals surface area contributed by atoms with Crippen molar-refractivity contribution in [3.63, 3.8) is 0 Å². The fraction of sp³-hybridized carbons (Fsp3) is 0.316. The summed E-state index contributed by atoms with van der Waals surface area (Å²) in [4.78, 5) is 4.51. The van der Waals surface area contributed by atoms with Gasteiger partial charge >= 0.3 is 0 Å². The van der Waals surface area contributed by atoms with E-state index in [1.165, 1.54) is 0 Å². The molecule has 128 valence electrons. The van der Waals surface area contributed by atoms with Crippen LogP contribution in [0.15, 0.2) is 35.3 Å². The van der Waals surface area contributed by atoms with E-state index in [9.17, 15) is 0 Å². The molecule has 0 bridgehead atoms. The summed E-state index contributed by atoms with van der Waals surface area (Å²) in [6.07, 6.45) is 2.65. The third kappa shape index (κ3) is 4.89. The highest BCUT2D eigenvalue weighted by Gasteiger charge is 2.12. The maximum atomic E-state index is 6.36. The summed E-state index contributed by atoms with van der Waals surface area (Å²) in [6.45, 7) is 7.08. The molecule has 0 atom stereocenters. The molecule has 0 heterocycles. The number of hydrogen-bond acceptors (Lipinski definition) is 3. The van der Waals surface area contributed by atoms with E-state index in [4.69, 9.17) is 32.7 Å². The van der Waals surface area contributed by atoms with Crippen LogP contribution in [0.2, 0.25) is 10.0 Å². The number of nitrogens with zero attached hydrogens (tertiary/aromatic N) is 1. The van der Waals surface area contributed by atoms with E-state index in [2.05, 4.69) is 4.99 Å². The topological polar surface area (TPSA) is 30.8 Å². The smallest absolute Gasteiger partial charge is 0.179 e. The van der Waals surface area contributed by atoms with E-state index in [0.29, 0.717) is 34.8 Å². The van der Waals surface area contributed by atoms with Gasteiger partial charge in [-0.15, -0.1) is 0 Å². The molecule has 3 nitrogen and oxygen atoms in total. The molecule has 2 aromatic carbocycles. The summed E-state index contributed by atoms with van der Waals surface area (Å²) in [6, 6.07) is 9.31. The summed E-state index contributed by atoms with van der Waals surface area (Å²) in [5.74, 6) is 1.21. The molecule has 0 radical (unpaired) electrons. The van der Waals surface area contributed by atoms with Gasteiger partial charge in [-0.25, -0.2) is 0 Å². The van der Waals surface area contributed by atoms with Crippen LogP contribution in [0.5, 0.6) is 11.5 Å². The predicted molar refractivity (Wildman–Crippen MR) is 102 cm³/mol. The minimum atomic E-state index is 0.513. The van der Waals surface area contributed by atoms with Crippen molar-refractivity contribution >= 4 is 35.1 Å². The van der Waals surface area contributed by atoms with E-state index >= 15 is 0 Å². The van der Waals surface area contributed by atoms with Crippen LogP contribution in [0.3, 0.4) is 0 Å². The van der Waals surface area contributed by atoms with Gasteiger partial charge in [-0.3, -0.25) is 4.99 Å². The first-order valence-corrected chi connectivity index (χ1v) is 8.70. The standard InChI is InChI=1S/C19H21Cl2NO2/c1-4-8-24-19-16(21)9-14(10-18(19)23-5-2)12-22-17-11-15(20)7-6-13(17)3/h6-7,9-12H,4-5,8H2,1-3H3. The lowest BCUT2D eigenvalue weighted by molar-refractivity contribution is 0.277. The maximum absolute atomic E-state index is 6.36. The molecule has 0 saturated heterocycles. The van der Waals surface area contributed by atoms with E-state index in [1.54, 1.807) is 6.21 Å². The Balaban J connectivity index is 2.33. The van der Waals surface area contributed by atoms with Crippen LogP contribution in [0.1, 0.15) is 31.4 Å². The van der Waals surface area contributed by atoms with Gasteiger partial charge in [0.25, 0.3) is 0 Å². The molecule has 0 aliphatic carbocycles. The first kappa shape index (κ1) is 18.6. The van der Waals surface area contributed by atoms with E-state index in [-0.39, 0.29) is 0 Å². The molecule has 0 spiro atoms. The molecule has 0 unspecified atom stereocenters. The lowest BCUT2D eigenvalue weighted by Crippen LogP contribution is -2.01. The van der Waals surface area contributed by atoms with Gasteiger partial charge in [-0.05, 0) is 55.7 Å². The van der Waals surface area contributed by atoms with E-state index in [1.807, 2.05) is 51.1 Å². The highest BCUT2D eigenvalue weighted by molar-refractivity contribution is 6.32. The zero-order chi connectivity index (χ0) is 17.5. The van der Waals surface area contributed by atoms with Crippen molar-refractivity contribution in [2.45, 2.75) is 27.2 Å². The molecule has 24 heavy (non-hydrogen) atoms. The summed E-state index contributed by atoms with van der Waals surface area (Å²) in [5.41, 5.74) is 2.71. The predicted octanol–water partition coefficient (Wildman–Crippen LogP) is 6.24. The van der Waals surface area contributed by atoms with Gasteiger partial charge in [0.05, 0.1) is 23.9 Å². The van der Waals surface area contributed by atoms with Crippen molar-refractivity contribution in [2.75, 3.05) is 13.2 Å². The molecule has 0 saturated carbocycles. The molecule has 0 amide bonds. The van der Waals surface area contributed by atoms with Crippen LogP contribution in [-0.4, -0.2) is 19.4 Å². The highest BCUT2D eigenvalue weighted by Crippen LogP contribution is 2.36.